The second-order valence-corrected chi connectivity index (χ2v) is 4.43. The van der Waals surface area contributed by atoms with Crippen LogP contribution in [0.3, 0.4) is 0 Å². The molecule has 1 N–H and O–H groups in total. The van der Waals surface area contributed by atoms with Gasteiger partial charge in [0.2, 0.25) is 11.7 Å². The van der Waals surface area contributed by atoms with Crippen LogP contribution in [0.15, 0.2) is 34.9 Å². The van der Waals surface area contributed by atoms with E-state index in [-0.39, 0.29) is 12.0 Å². The third-order valence-corrected chi connectivity index (χ3v) is 3.27. The number of benzene rings is 1. The van der Waals surface area contributed by atoms with Crippen molar-refractivity contribution in [1.82, 2.24) is 10.1 Å². The van der Waals surface area contributed by atoms with Crippen LogP contribution in [0.1, 0.15) is 31.1 Å². The molecule has 3 rings (SSSR count). The maximum Gasteiger partial charge on any atom is 0.232 e. The molecule has 4 nitrogen and oxygen atoms in total. The van der Waals surface area contributed by atoms with Crippen LogP contribution in [0.25, 0.3) is 11.4 Å². The number of rotatable bonds is 2. The summed E-state index contributed by atoms with van der Waals surface area (Å²) in [6, 6.07) is 9.72. The molecule has 17 heavy (non-hydrogen) atoms. The van der Waals surface area contributed by atoms with Gasteiger partial charge in [-0.25, -0.2) is 0 Å². The van der Waals surface area contributed by atoms with E-state index in [1.807, 2.05) is 30.3 Å². The SMILES string of the molecule is OC1CCCC1c1nc(-c2ccccc2)no1. The zero-order valence-corrected chi connectivity index (χ0v) is 9.41. The summed E-state index contributed by atoms with van der Waals surface area (Å²) in [7, 11) is 0. The lowest BCUT2D eigenvalue weighted by Gasteiger charge is -2.07. The predicted octanol–water partition coefficient (Wildman–Crippen LogP) is 2.37. The van der Waals surface area contributed by atoms with E-state index in [1.165, 1.54) is 0 Å². The molecule has 1 aliphatic rings. The molecule has 1 aromatic heterocycles. The van der Waals surface area contributed by atoms with E-state index < -0.39 is 0 Å². The van der Waals surface area contributed by atoms with E-state index in [1.54, 1.807) is 0 Å². The van der Waals surface area contributed by atoms with Gasteiger partial charge in [0.05, 0.1) is 12.0 Å². The molecule has 4 heteroatoms. The summed E-state index contributed by atoms with van der Waals surface area (Å²) in [6.45, 7) is 0. The summed E-state index contributed by atoms with van der Waals surface area (Å²) < 4.78 is 5.25. The molecule has 1 aromatic carbocycles. The normalized spacial score (nSPS) is 24.1. The summed E-state index contributed by atoms with van der Waals surface area (Å²) in [6.07, 6.45) is 2.44. The molecule has 1 fully saturated rings. The fraction of sp³-hybridized carbons (Fsp3) is 0.385. The molecular weight excluding hydrogens is 216 g/mol. The largest absolute Gasteiger partial charge is 0.392 e. The highest BCUT2D eigenvalue weighted by molar-refractivity contribution is 5.53. The fourth-order valence-corrected chi connectivity index (χ4v) is 2.32. The molecule has 2 aromatic rings. The van der Waals surface area contributed by atoms with Crippen molar-refractivity contribution in [3.63, 3.8) is 0 Å². The summed E-state index contributed by atoms with van der Waals surface area (Å²) >= 11 is 0. The molecule has 0 saturated heterocycles. The van der Waals surface area contributed by atoms with Crippen molar-refractivity contribution < 1.29 is 9.63 Å². The zero-order valence-electron chi connectivity index (χ0n) is 9.41. The molecule has 0 bridgehead atoms. The van der Waals surface area contributed by atoms with Gasteiger partial charge in [0.25, 0.3) is 0 Å². The van der Waals surface area contributed by atoms with Crippen molar-refractivity contribution in [3.8, 4) is 11.4 Å². The van der Waals surface area contributed by atoms with Crippen molar-refractivity contribution in [2.75, 3.05) is 0 Å². The number of nitrogens with zero attached hydrogens (tertiary/aromatic N) is 2. The van der Waals surface area contributed by atoms with Gasteiger partial charge >= 0.3 is 0 Å². The molecule has 1 aliphatic carbocycles. The van der Waals surface area contributed by atoms with E-state index >= 15 is 0 Å². The first-order chi connectivity index (χ1) is 8.34. The smallest absolute Gasteiger partial charge is 0.232 e. The van der Waals surface area contributed by atoms with Crippen LogP contribution in [0.4, 0.5) is 0 Å². The van der Waals surface area contributed by atoms with Crippen molar-refractivity contribution in [2.45, 2.75) is 31.3 Å². The van der Waals surface area contributed by atoms with E-state index in [2.05, 4.69) is 10.1 Å². The van der Waals surface area contributed by atoms with E-state index in [9.17, 15) is 5.11 Å². The van der Waals surface area contributed by atoms with Gasteiger partial charge in [-0.05, 0) is 19.3 Å². The van der Waals surface area contributed by atoms with Crippen molar-refractivity contribution in [3.05, 3.63) is 36.2 Å². The molecule has 2 unspecified atom stereocenters. The molecular formula is C13H14N2O2. The Kier molecular flexibility index (Phi) is 2.65. The Labute approximate surface area is 99.3 Å². The quantitative estimate of drug-likeness (QED) is 0.860. The van der Waals surface area contributed by atoms with Crippen molar-refractivity contribution >= 4 is 0 Å². The molecule has 88 valence electrons. The average Bonchev–Trinajstić information content (AvgIpc) is 2.98. The lowest BCUT2D eigenvalue weighted by atomic mass is 10.1. The van der Waals surface area contributed by atoms with Crippen LogP contribution in [0.5, 0.6) is 0 Å². The van der Waals surface area contributed by atoms with E-state index in [0.717, 1.165) is 24.8 Å². The van der Waals surface area contributed by atoms with Gasteiger partial charge in [0.15, 0.2) is 0 Å². The first kappa shape index (κ1) is 10.5. The summed E-state index contributed by atoms with van der Waals surface area (Å²) in [4.78, 5) is 4.38. The lowest BCUT2D eigenvalue weighted by molar-refractivity contribution is 0.148. The van der Waals surface area contributed by atoms with Gasteiger partial charge in [-0.3, -0.25) is 0 Å². The monoisotopic (exact) mass is 230 g/mol. The third-order valence-electron chi connectivity index (χ3n) is 3.27. The minimum atomic E-state index is -0.334. The van der Waals surface area contributed by atoms with Crippen LogP contribution >= 0.6 is 0 Å². The molecule has 2 atom stereocenters. The van der Waals surface area contributed by atoms with Gasteiger partial charge in [-0.15, -0.1) is 0 Å². The van der Waals surface area contributed by atoms with Crippen molar-refractivity contribution in [2.24, 2.45) is 0 Å². The van der Waals surface area contributed by atoms with Gasteiger partial charge < -0.3 is 9.63 Å². The Morgan fingerprint density at radius 2 is 2.00 bits per heavy atom. The van der Waals surface area contributed by atoms with Crippen LogP contribution in [-0.2, 0) is 0 Å². The van der Waals surface area contributed by atoms with E-state index in [4.69, 9.17) is 4.52 Å². The number of aromatic nitrogens is 2. The second kappa shape index (κ2) is 4.30. The lowest BCUT2D eigenvalue weighted by Crippen LogP contribution is -2.11. The van der Waals surface area contributed by atoms with Gasteiger partial charge in [-0.1, -0.05) is 35.5 Å². The van der Waals surface area contributed by atoms with Gasteiger partial charge in [0.1, 0.15) is 0 Å². The van der Waals surface area contributed by atoms with Crippen molar-refractivity contribution in [1.29, 1.82) is 0 Å². The second-order valence-electron chi connectivity index (χ2n) is 4.43. The Morgan fingerprint density at radius 3 is 2.71 bits per heavy atom. The fourth-order valence-electron chi connectivity index (χ4n) is 2.32. The summed E-state index contributed by atoms with van der Waals surface area (Å²) in [5, 5.41) is 13.8. The highest BCUT2D eigenvalue weighted by Crippen LogP contribution is 2.34. The van der Waals surface area contributed by atoms with Crippen LogP contribution < -0.4 is 0 Å². The first-order valence-electron chi connectivity index (χ1n) is 5.91. The zero-order chi connectivity index (χ0) is 11.7. The van der Waals surface area contributed by atoms with Gasteiger partial charge in [0, 0.05) is 5.56 Å². The van der Waals surface area contributed by atoms with Crippen LogP contribution in [0, 0.1) is 0 Å². The van der Waals surface area contributed by atoms with Gasteiger partial charge in [-0.2, -0.15) is 4.98 Å². The minimum Gasteiger partial charge on any atom is -0.392 e. The Morgan fingerprint density at radius 1 is 1.18 bits per heavy atom. The standard InChI is InChI=1S/C13H14N2O2/c16-11-8-4-7-10(11)13-14-12(15-17-13)9-5-2-1-3-6-9/h1-3,5-6,10-11,16H,4,7-8H2. The molecule has 1 saturated carbocycles. The number of aliphatic hydroxyl groups is 1. The molecule has 0 aliphatic heterocycles. The summed E-state index contributed by atoms with van der Waals surface area (Å²) in [5.41, 5.74) is 0.940. The third kappa shape index (κ3) is 1.96. The highest BCUT2D eigenvalue weighted by atomic mass is 16.5. The first-order valence-corrected chi connectivity index (χ1v) is 5.91. The van der Waals surface area contributed by atoms with Crippen LogP contribution in [0.2, 0.25) is 0 Å². The summed E-state index contributed by atoms with van der Waals surface area (Å²) in [5.74, 6) is 1.17. The number of hydrogen-bond acceptors (Lipinski definition) is 4. The molecule has 1 heterocycles. The van der Waals surface area contributed by atoms with E-state index in [0.29, 0.717) is 11.7 Å². The average molecular weight is 230 g/mol. The Hall–Kier alpha value is -1.68. The molecule has 0 amide bonds. The topological polar surface area (TPSA) is 59.2 Å². The van der Waals surface area contributed by atoms with Crippen LogP contribution in [-0.4, -0.2) is 21.4 Å². The maximum atomic E-state index is 9.79. The number of aliphatic hydroxyl groups excluding tert-OH is 1. The highest BCUT2D eigenvalue weighted by Gasteiger charge is 2.31. The minimum absolute atomic E-state index is 0.0139. The Bertz CT molecular complexity index is 495. The maximum absolute atomic E-state index is 9.79. The molecule has 0 spiro atoms. The predicted molar refractivity (Wildman–Crippen MR) is 62.3 cm³/mol. The molecule has 0 radical (unpaired) electrons. The Balaban J connectivity index is 1.88. The number of hydrogen-bond donors (Lipinski definition) is 1.